The molecule has 0 spiro atoms. The summed E-state index contributed by atoms with van der Waals surface area (Å²) in [4.78, 5) is 24.6. The van der Waals surface area contributed by atoms with Crippen molar-refractivity contribution in [3.05, 3.63) is 53.1 Å². The molecule has 0 aliphatic heterocycles. The van der Waals surface area contributed by atoms with Crippen LogP contribution in [-0.4, -0.2) is 39.3 Å². The summed E-state index contributed by atoms with van der Waals surface area (Å²) in [6.07, 6.45) is 1.79. The third-order valence-corrected chi connectivity index (χ3v) is 4.53. The van der Waals surface area contributed by atoms with Crippen LogP contribution in [-0.2, 0) is 14.3 Å². The van der Waals surface area contributed by atoms with E-state index in [4.69, 9.17) is 18.9 Å². The molecule has 0 heterocycles. The average molecular weight is 413 g/mol. The van der Waals surface area contributed by atoms with Gasteiger partial charge in [0.05, 0.1) is 21.3 Å². The summed E-state index contributed by atoms with van der Waals surface area (Å²) in [5.41, 5.74) is 3.18. The van der Waals surface area contributed by atoms with Crippen LogP contribution in [0.15, 0.2) is 36.4 Å². The lowest BCUT2D eigenvalue weighted by Crippen LogP contribution is -2.30. The number of carbonyl (C=O) groups is 2. The number of hydrogen-bond acceptors (Lipinski definition) is 6. The summed E-state index contributed by atoms with van der Waals surface area (Å²) >= 11 is 0. The fourth-order valence-corrected chi connectivity index (χ4v) is 2.84. The van der Waals surface area contributed by atoms with Gasteiger partial charge >= 0.3 is 5.97 Å². The smallest absolute Gasteiger partial charge is 0.331 e. The molecule has 0 radical (unpaired) electrons. The Morgan fingerprint density at radius 2 is 1.50 bits per heavy atom. The number of benzene rings is 2. The second-order valence-corrected chi connectivity index (χ2v) is 6.62. The van der Waals surface area contributed by atoms with Gasteiger partial charge in [-0.25, -0.2) is 4.79 Å². The second-order valence-electron chi connectivity index (χ2n) is 6.62. The monoisotopic (exact) mass is 413 g/mol. The van der Waals surface area contributed by atoms with Gasteiger partial charge in [0.2, 0.25) is 0 Å². The molecular formula is C23H27NO6. The molecule has 1 atom stereocenters. The summed E-state index contributed by atoms with van der Waals surface area (Å²) in [7, 11) is 4.55. The van der Waals surface area contributed by atoms with E-state index in [-0.39, 0.29) is 0 Å². The molecule has 1 N–H and O–H groups in total. The van der Waals surface area contributed by atoms with Gasteiger partial charge in [-0.15, -0.1) is 0 Å². The van der Waals surface area contributed by atoms with E-state index in [2.05, 4.69) is 5.32 Å². The van der Waals surface area contributed by atoms with E-state index in [9.17, 15) is 9.59 Å². The van der Waals surface area contributed by atoms with Crippen molar-refractivity contribution in [2.75, 3.05) is 26.6 Å². The number of nitrogens with one attached hydrogen (secondary N) is 1. The molecule has 1 amide bonds. The average Bonchev–Trinajstić information content (AvgIpc) is 2.73. The maximum absolute atomic E-state index is 12.4. The molecule has 0 aromatic heterocycles. The number of methoxy groups -OCH3 is 3. The highest BCUT2D eigenvalue weighted by atomic mass is 16.5. The minimum Gasteiger partial charge on any atom is -0.496 e. The van der Waals surface area contributed by atoms with E-state index in [0.29, 0.717) is 22.8 Å². The van der Waals surface area contributed by atoms with Crippen molar-refractivity contribution in [2.45, 2.75) is 26.9 Å². The molecule has 7 nitrogen and oxygen atoms in total. The van der Waals surface area contributed by atoms with Crippen LogP contribution in [0.25, 0.3) is 6.08 Å². The first-order valence-electron chi connectivity index (χ1n) is 9.36. The van der Waals surface area contributed by atoms with Crippen molar-refractivity contribution in [1.82, 2.24) is 0 Å². The molecule has 0 saturated heterocycles. The van der Waals surface area contributed by atoms with E-state index in [1.807, 2.05) is 32.0 Å². The largest absolute Gasteiger partial charge is 0.496 e. The highest BCUT2D eigenvalue weighted by molar-refractivity contribution is 5.97. The molecule has 0 fully saturated rings. The van der Waals surface area contributed by atoms with Crippen LogP contribution in [0.5, 0.6) is 17.2 Å². The molecule has 2 aromatic carbocycles. The molecule has 2 rings (SSSR count). The Labute approximate surface area is 176 Å². The van der Waals surface area contributed by atoms with Gasteiger partial charge in [0.15, 0.2) is 17.6 Å². The Hall–Kier alpha value is -3.48. The molecule has 0 bridgehead atoms. The SMILES string of the molecule is COc1cc(OC)c(OC)cc1/C=C/C(=O)O[C@@H](C)C(=O)Nc1c(C)cccc1C. The number of esters is 1. The topological polar surface area (TPSA) is 83.1 Å². The van der Waals surface area contributed by atoms with Crippen LogP contribution in [0.2, 0.25) is 0 Å². The molecule has 0 unspecified atom stereocenters. The predicted octanol–water partition coefficient (Wildman–Crippen LogP) is 3.91. The Balaban J connectivity index is 2.07. The van der Waals surface area contributed by atoms with Crippen molar-refractivity contribution in [3.63, 3.8) is 0 Å². The molecule has 0 saturated carbocycles. The zero-order valence-electron chi connectivity index (χ0n) is 18.1. The lowest BCUT2D eigenvalue weighted by atomic mass is 10.1. The lowest BCUT2D eigenvalue weighted by Gasteiger charge is -2.15. The van der Waals surface area contributed by atoms with Gasteiger partial charge in [0, 0.05) is 23.4 Å². The van der Waals surface area contributed by atoms with E-state index in [1.54, 1.807) is 12.1 Å². The lowest BCUT2D eigenvalue weighted by molar-refractivity contribution is -0.148. The number of hydrogen-bond donors (Lipinski definition) is 1. The van der Waals surface area contributed by atoms with Crippen LogP contribution in [0.4, 0.5) is 5.69 Å². The number of amides is 1. The molecule has 30 heavy (non-hydrogen) atoms. The molecule has 160 valence electrons. The van der Waals surface area contributed by atoms with Gasteiger partial charge in [-0.3, -0.25) is 4.79 Å². The van der Waals surface area contributed by atoms with Gasteiger partial charge in [0.1, 0.15) is 5.75 Å². The molecule has 2 aromatic rings. The second kappa shape index (κ2) is 10.3. The summed E-state index contributed by atoms with van der Waals surface area (Å²) in [6, 6.07) is 9.05. The maximum atomic E-state index is 12.4. The van der Waals surface area contributed by atoms with E-state index < -0.39 is 18.0 Å². The van der Waals surface area contributed by atoms with Crippen molar-refractivity contribution >= 4 is 23.6 Å². The molecule has 0 aliphatic rings. The summed E-state index contributed by atoms with van der Waals surface area (Å²) in [5.74, 6) is 0.435. The van der Waals surface area contributed by atoms with E-state index in [0.717, 1.165) is 16.8 Å². The number of rotatable bonds is 8. The van der Waals surface area contributed by atoms with Gasteiger partial charge in [0.25, 0.3) is 5.91 Å². The van der Waals surface area contributed by atoms with Gasteiger partial charge in [-0.2, -0.15) is 0 Å². The Morgan fingerprint density at radius 3 is 2.07 bits per heavy atom. The van der Waals surface area contributed by atoms with Crippen molar-refractivity contribution in [3.8, 4) is 17.2 Å². The fourth-order valence-electron chi connectivity index (χ4n) is 2.84. The standard InChI is InChI=1S/C23H27NO6/c1-14-8-7-9-15(2)22(14)24-23(26)16(3)30-21(25)11-10-17-12-19(28-5)20(29-6)13-18(17)27-4/h7-13,16H,1-6H3,(H,24,26)/b11-10+/t16-/m0/s1. The van der Waals surface area contributed by atoms with Crippen LogP contribution in [0.1, 0.15) is 23.6 Å². The zero-order valence-corrected chi connectivity index (χ0v) is 18.1. The van der Waals surface area contributed by atoms with Crippen LogP contribution < -0.4 is 19.5 Å². The quantitative estimate of drug-likeness (QED) is 0.522. The van der Waals surface area contributed by atoms with Gasteiger partial charge in [-0.1, -0.05) is 18.2 Å². The number of para-hydroxylation sites is 1. The Morgan fingerprint density at radius 1 is 0.933 bits per heavy atom. The highest BCUT2D eigenvalue weighted by Crippen LogP contribution is 2.35. The fraction of sp³-hybridized carbons (Fsp3) is 0.304. The summed E-state index contributed by atoms with van der Waals surface area (Å²) in [6.45, 7) is 5.32. The van der Waals surface area contributed by atoms with Crippen LogP contribution in [0, 0.1) is 13.8 Å². The molecule has 7 heteroatoms. The number of anilines is 1. The third kappa shape index (κ3) is 5.53. The highest BCUT2D eigenvalue weighted by Gasteiger charge is 2.18. The van der Waals surface area contributed by atoms with Gasteiger partial charge in [-0.05, 0) is 44.0 Å². The minimum absolute atomic E-state index is 0.405. The van der Waals surface area contributed by atoms with Crippen molar-refractivity contribution < 1.29 is 28.5 Å². The number of aryl methyl sites for hydroxylation is 2. The predicted molar refractivity (Wildman–Crippen MR) is 115 cm³/mol. The summed E-state index contributed by atoms with van der Waals surface area (Å²) in [5, 5.41) is 2.81. The van der Waals surface area contributed by atoms with Crippen LogP contribution >= 0.6 is 0 Å². The van der Waals surface area contributed by atoms with Crippen LogP contribution in [0.3, 0.4) is 0 Å². The Kier molecular flexibility index (Phi) is 7.86. The van der Waals surface area contributed by atoms with E-state index in [1.165, 1.54) is 40.4 Å². The third-order valence-electron chi connectivity index (χ3n) is 4.53. The van der Waals surface area contributed by atoms with Crippen molar-refractivity contribution in [2.24, 2.45) is 0 Å². The Bertz CT molecular complexity index is 931. The first kappa shape index (κ1) is 22.8. The molecular weight excluding hydrogens is 386 g/mol. The first-order chi connectivity index (χ1) is 14.3. The number of ether oxygens (including phenoxy) is 4. The van der Waals surface area contributed by atoms with E-state index >= 15 is 0 Å². The van der Waals surface area contributed by atoms with Crippen molar-refractivity contribution in [1.29, 1.82) is 0 Å². The maximum Gasteiger partial charge on any atom is 0.331 e. The molecule has 0 aliphatic carbocycles. The first-order valence-corrected chi connectivity index (χ1v) is 9.36. The van der Waals surface area contributed by atoms with Gasteiger partial charge < -0.3 is 24.3 Å². The minimum atomic E-state index is -0.964. The summed E-state index contributed by atoms with van der Waals surface area (Å²) < 4.78 is 21.1. The zero-order chi connectivity index (χ0) is 22.3. The normalized spacial score (nSPS) is 11.7. The number of carbonyl (C=O) groups excluding carboxylic acids is 2.